The van der Waals surface area contributed by atoms with E-state index in [1.807, 2.05) is 0 Å². The smallest absolute Gasteiger partial charge is 0.252 e. The van der Waals surface area contributed by atoms with Gasteiger partial charge in [0.25, 0.3) is 6.71 Å². The maximum absolute atomic E-state index is 4.43. The highest BCUT2D eigenvalue weighted by Crippen LogP contribution is 2.49. The number of rotatable bonds is 12. The average Bonchev–Trinajstić information content (AvgIpc) is 1.45. The Labute approximate surface area is 590 Å². The number of hydrogen-bond acceptors (Lipinski definition) is 2. The van der Waals surface area contributed by atoms with Gasteiger partial charge in [0.2, 0.25) is 0 Å². The van der Waals surface area contributed by atoms with Crippen molar-refractivity contribution < 1.29 is 0 Å². The Morgan fingerprint density at radius 1 is 0.277 bits per heavy atom. The molecule has 2 aliphatic heterocycles. The van der Waals surface area contributed by atoms with E-state index >= 15 is 0 Å². The summed E-state index contributed by atoms with van der Waals surface area (Å²) in [6.07, 6.45) is 1.32. The zero-order chi connectivity index (χ0) is 67.3. The van der Waals surface area contributed by atoms with Crippen molar-refractivity contribution in [2.45, 2.75) is 39.0 Å². The molecule has 2 aromatic heterocycles. The number of fused-ring (bicyclic) bond motifs is 10. The maximum atomic E-state index is 4.43. The zero-order valence-corrected chi connectivity index (χ0v) is 56.7. The second kappa shape index (κ2) is 24.2. The highest BCUT2D eigenvalue weighted by atomic mass is 15.0. The summed E-state index contributed by atoms with van der Waals surface area (Å²) in [7, 11) is 0. The molecule has 0 fully saturated rings. The molecule has 0 amide bonds. The van der Waals surface area contributed by atoms with Crippen LogP contribution in [0, 0.1) is 0 Å². The summed E-state index contributed by atoms with van der Waals surface area (Å²) < 4.78 is 4.81. The third kappa shape index (κ3) is 10.1. The van der Waals surface area contributed by atoms with Crippen molar-refractivity contribution in [1.29, 1.82) is 0 Å². The van der Waals surface area contributed by atoms with E-state index in [0.29, 0.717) is 12.8 Å². The van der Waals surface area contributed by atoms with Crippen molar-refractivity contribution in [3.8, 4) is 78.1 Å². The lowest BCUT2D eigenvalue weighted by Crippen LogP contribution is -2.59. The minimum absolute atomic E-state index is 0.157. The molecule has 0 unspecified atom stereocenters. The summed E-state index contributed by atoms with van der Waals surface area (Å²) in [5.74, 6) is 0. The second-order valence-electron chi connectivity index (χ2n) is 28.4. The van der Waals surface area contributed by atoms with Crippen LogP contribution < -0.4 is 27.0 Å². The van der Waals surface area contributed by atoms with Crippen LogP contribution >= 0.6 is 0 Å². The van der Waals surface area contributed by atoms with Gasteiger partial charge in [0.1, 0.15) is 0 Å². The van der Waals surface area contributed by atoms with Crippen LogP contribution in [-0.4, -0.2) is 15.8 Å². The molecule has 15 aromatic carbocycles. The fourth-order valence-corrected chi connectivity index (χ4v) is 17.1. The largest absolute Gasteiger partial charge is 0.356 e. The van der Waals surface area contributed by atoms with Crippen LogP contribution in [-0.2, 0) is 18.3 Å². The molecule has 5 heteroatoms. The number of anilines is 4. The molecule has 0 saturated heterocycles. The van der Waals surface area contributed by atoms with Crippen molar-refractivity contribution in [3.63, 3.8) is 0 Å². The fourth-order valence-electron chi connectivity index (χ4n) is 17.1. The predicted octanol–water partition coefficient (Wildman–Crippen LogP) is 23.0. The van der Waals surface area contributed by atoms with Crippen LogP contribution in [0.3, 0.4) is 0 Å². The van der Waals surface area contributed by atoms with Gasteiger partial charge in [0.05, 0.1) is 22.1 Å². The normalized spacial score (nSPS) is 12.3. The van der Waals surface area contributed by atoms with E-state index in [1.165, 1.54) is 155 Å². The third-order valence-electron chi connectivity index (χ3n) is 21.5. The highest BCUT2D eigenvalue weighted by molar-refractivity contribution is 7.00. The lowest BCUT2D eigenvalue weighted by Gasteiger charge is -2.41. The molecule has 4 nitrogen and oxygen atoms in total. The molecule has 17 aromatic rings. The van der Waals surface area contributed by atoms with E-state index in [-0.39, 0.29) is 12.1 Å². The first-order chi connectivity index (χ1) is 49.8. The van der Waals surface area contributed by atoms with Crippen molar-refractivity contribution in [3.05, 3.63) is 368 Å². The molecule has 0 radical (unpaired) electrons. The molecular weight excluding hydrogens is 1220 g/mol. The minimum atomic E-state index is -0.384. The molecule has 478 valence electrons. The lowest BCUT2D eigenvalue weighted by molar-refractivity contribution is 0.579. The first kappa shape index (κ1) is 59.8. The zero-order valence-electron chi connectivity index (χ0n) is 56.7. The van der Waals surface area contributed by atoms with E-state index in [4.69, 9.17) is 0 Å². The Kier molecular flexibility index (Phi) is 14.3. The monoisotopic (exact) mass is 1290 g/mol. The lowest BCUT2D eigenvalue weighted by atomic mass is 9.33. The number of hydrogen-bond donors (Lipinski definition) is 2. The Morgan fingerprint density at radius 3 is 0.960 bits per heavy atom. The summed E-state index contributed by atoms with van der Waals surface area (Å²) in [6.45, 7) is 7.20. The number of para-hydroxylation sites is 4. The van der Waals surface area contributed by atoms with Gasteiger partial charge in [0.15, 0.2) is 0 Å². The summed E-state index contributed by atoms with van der Waals surface area (Å²) in [5.41, 5.74) is 36.0. The summed E-state index contributed by atoms with van der Waals surface area (Å²) in [5, 5.41) is 13.8. The molecule has 2 aliphatic rings. The molecule has 0 bridgehead atoms. The quantitative estimate of drug-likeness (QED) is 0.120. The molecule has 2 N–H and O–H groups in total. The van der Waals surface area contributed by atoms with Gasteiger partial charge in [-0.05, 0) is 189 Å². The third-order valence-corrected chi connectivity index (χ3v) is 21.5. The number of benzene rings is 15. The van der Waals surface area contributed by atoms with Crippen LogP contribution in [0.1, 0.15) is 48.6 Å². The molecule has 101 heavy (non-hydrogen) atoms. The van der Waals surface area contributed by atoms with Gasteiger partial charge in [0, 0.05) is 68.5 Å². The van der Waals surface area contributed by atoms with E-state index < -0.39 is 0 Å². The Bertz CT molecular complexity index is 5610. The van der Waals surface area contributed by atoms with E-state index in [9.17, 15) is 0 Å². The Hall–Kier alpha value is -12.4. The predicted molar refractivity (Wildman–Crippen MR) is 429 cm³/mol. The molecule has 0 atom stereocenters. The fraction of sp³-hybridized carbons (Fsp3) is 0.0625. The van der Waals surface area contributed by atoms with E-state index in [0.717, 1.165) is 33.9 Å². The molecule has 0 saturated carbocycles. The number of nitrogens with zero attached hydrogens (tertiary/aromatic N) is 2. The summed E-state index contributed by atoms with van der Waals surface area (Å²) in [4.78, 5) is 0. The average molecular weight is 1290 g/mol. The molecule has 4 heterocycles. The van der Waals surface area contributed by atoms with Crippen LogP contribution in [0.15, 0.2) is 340 Å². The van der Waals surface area contributed by atoms with Crippen LogP contribution in [0.5, 0.6) is 0 Å². The van der Waals surface area contributed by atoms with Crippen molar-refractivity contribution in [1.82, 2.24) is 9.13 Å². The van der Waals surface area contributed by atoms with Gasteiger partial charge >= 0.3 is 0 Å². The van der Waals surface area contributed by atoms with Gasteiger partial charge in [-0.1, -0.05) is 288 Å². The number of aromatic nitrogens is 2. The SMILES string of the molecule is CC(C)(C)c1c(Cc2c(-c3ccccc3)cccc2-c2ccccc2)c2c3c(c1Cc1c(-c4ccccc4)cccc1-c1ccccc1)Nc1cc(-c4ccc5c(c4)c4ccccc4n5-c4ccccc4)ccc1B3c1ccc(-c3ccc4c(c3)c3ccccc3n4-c3ccccc3)cc1N2. The van der Waals surface area contributed by atoms with Gasteiger partial charge in [-0.15, -0.1) is 0 Å². The minimum Gasteiger partial charge on any atom is -0.356 e. The molecule has 0 spiro atoms. The second-order valence-corrected chi connectivity index (χ2v) is 28.4. The Balaban J connectivity index is 0.881. The van der Waals surface area contributed by atoms with Gasteiger partial charge in [-0.3, -0.25) is 0 Å². The number of nitrogens with one attached hydrogen (secondary N) is 2. The molecular formula is C96H71BN4. The maximum Gasteiger partial charge on any atom is 0.252 e. The van der Waals surface area contributed by atoms with Gasteiger partial charge in [-0.2, -0.15) is 0 Å². The van der Waals surface area contributed by atoms with E-state index in [1.54, 1.807) is 0 Å². The summed E-state index contributed by atoms with van der Waals surface area (Å²) >= 11 is 0. The van der Waals surface area contributed by atoms with Crippen LogP contribution in [0.2, 0.25) is 0 Å². The first-order valence-corrected chi connectivity index (χ1v) is 35.4. The summed E-state index contributed by atoms with van der Waals surface area (Å²) in [6, 6.07) is 126. The van der Waals surface area contributed by atoms with Crippen molar-refractivity contribution in [2.24, 2.45) is 0 Å². The Morgan fingerprint density at radius 2 is 0.594 bits per heavy atom. The van der Waals surface area contributed by atoms with Crippen molar-refractivity contribution in [2.75, 3.05) is 10.6 Å². The van der Waals surface area contributed by atoms with Crippen LogP contribution in [0.25, 0.3) is 122 Å². The molecule has 0 aliphatic carbocycles. The van der Waals surface area contributed by atoms with E-state index in [2.05, 4.69) is 380 Å². The first-order valence-electron chi connectivity index (χ1n) is 35.4. The highest BCUT2D eigenvalue weighted by Gasteiger charge is 2.43. The standard InChI is InChI=1S/C96H71BN4/c1-96(2,3)92-82(60-78-72(62-28-10-4-11-29-62)42-26-43-73(78)63-30-12-5-13-31-63)94-93-95(83(92)61-79-74(64-32-14-6-15-33-64)44-27-45-75(79)65-34-16-7-17-35-65)99-87-59-69(67-51-55-91-81(57-67)77-41-23-25-47-89(77)101(91)71-38-20-9-21-39-71)49-53-85(87)97(93)84-52-48-68(58-86(84)98-94)66-50-54-90-80(56-66)76-40-22-24-46-88(76)100(90)70-36-18-8-19-37-70/h4-59,98-99H,60-61H2,1-3H3. The topological polar surface area (TPSA) is 33.9 Å². The van der Waals surface area contributed by atoms with Gasteiger partial charge in [-0.25, -0.2) is 0 Å². The van der Waals surface area contributed by atoms with Gasteiger partial charge < -0.3 is 19.8 Å². The molecule has 19 rings (SSSR count). The van der Waals surface area contributed by atoms with Crippen LogP contribution in [0.4, 0.5) is 22.7 Å². The van der Waals surface area contributed by atoms with Crippen molar-refractivity contribution >= 4 is 89.5 Å².